The average molecular weight is 322 g/mol. The van der Waals surface area contributed by atoms with Crippen molar-refractivity contribution in [3.8, 4) is 0 Å². The quantitative estimate of drug-likeness (QED) is 0.617. The van der Waals surface area contributed by atoms with Gasteiger partial charge in [-0.2, -0.15) is 0 Å². The Balaban J connectivity index is 2.57. The monoisotopic (exact) mass is 321 g/mol. The van der Waals surface area contributed by atoms with Crippen LogP contribution in [0.2, 0.25) is 0 Å². The zero-order valence-electron chi connectivity index (χ0n) is 9.93. The molecule has 1 aromatic carbocycles. The maximum atomic E-state index is 13.6. The van der Waals surface area contributed by atoms with Crippen molar-refractivity contribution in [2.24, 2.45) is 0 Å². The molecule has 0 bridgehead atoms. The molecule has 0 amide bonds. The number of halogens is 3. The summed E-state index contributed by atoms with van der Waals surface area (Å²) in [5, 5.41) is 2.83. The molecule has 100 valence electrons. The van der Waals surface area contributed by atoms with Crippen molar-refractivity contribution in [2.75, 3.05) is 26.8 Å². The summed E-state index contributed by atoms with van der Waals surface area (Å²) in [7, 11) is 1.55. The van der Waals surface area contributed by atoms with E-state index in [4.69, 9.17) is 4.74 Å². The maximum Gasteiger partial charge on any atom is 0.151 e. The first-order valence-corrected chi connectivity index (χ1v) is 6.19. The Kier molecular flexibility index (Phi) is 6.38. The number of carbonyl (C=O) groups excluding carboxylic acids is 1. The van der Waals surface area contributed by atoms with Gasteiger partial charge in [0.25, 0.3) is 0 Å². The largest absolute Gasteiger partial charge is 0.383 e. The van der Waals surface area contributed by atoms with Crippen LogP contribution in [0.15, 0.2) is 16.6 Å². The van der Waals surface area contributed by atoms with Gasteiger partial charge < -0.3 is 10.1 Å². The van der Waals surface area contributed by atoms with Crippen molar-refractivity contribution in [3.05, 3.63) is 33.8 Å². The fourth-order valence-corrected chi connectivity index (χ4v) is 1.76. The Morgan fingerprint density at radius 2 is 2.17 bits per heavy atom. The zero-order chi connectivity index (χ0) is 13.5. The van der Waals surface area contributed by atoms with Crippen LogP contribution in [0.1, 0.15) is 5.56 Å². The van der Waals surface area contributed by atoms with E-state index in [1.54, 1.807) is 7.11 Å². The van der Waals surface area contributed by atoms with Crippen LogP contribution < -0.4 is 5.32 Å². The van der Waals surface area contributed by atoms with E-state index in [0.29, 0.717) is 13.2 Å². The topological polar surface area (TPSA) is 38.3 Å². The summed E-state index contributed by atoms with van der Waals surface area (Å²) in [4.78, 5) is 11.5. The first-order valence-electron chi connectivity index (χ1n) is 5.40. The summed E-state index contributed by atoms with van der Waals surface area (Å²) < 4.78 is 31.9. The first kappa shape index (κ1) is 15.2. The minimum absolute atomic E-state index is 0.0642. The van der Waals surface area contributed by atoms with Crippen LogP contribution in [0, 0.1) is 11.6 Å². The molecule has 6 heteroatoms. The number of ketones is 1. The standard InChI is InChI=1S/C12H14BrF2NO2/c1-18-5-4-16-7-8(17)6-9-11(14)3-2-10(13)12(9)15/h2-3,16H,4-7H2,1H3. The van der Waals surface area contributed by atoms with Crippen molar-refractivity contribution in [3.63, 3.8) is 0 Å². The molecule has 18 heavy (non-hydrogen) atoms. The summed E-state index contributed by atoms with van der Waals surface area (Å²) in [5.74, 6) is -1.71. The van der Waals surface area contributed by atoms with Crippen molar-refractivity contribution in [1.82, 2.24) is 5.32 Å². The maximum absolute atomic E-state index is 13.6. The van der Waals surface area contributed by atoms with E-state index in [9.17, 15) is 13.6 Å². The van der Waals surface area contributed by atoms with E-state index < -0.39 is 11.6 Å². The van der Waals surface area contributed by atoms with Gasteiger partial charge in [0.05, 0.1) is 17.6 Å². The lowest BCUT2D eigenvalue weighted by Crippen LogP contribution is -2.27. The van der Waals surface area contributed by atoms with Crippen LogP contribution in [0.25, 0.3) is 0 Å². The van der Waals surface area contributed by atoms with Crippen molar-refractivity contribution in [2.45, 2.75) is 6.42 Å². The van der Waals surface area contributed by atoms with Gasteiger partial charge in [0.15, 0.2) is 5.78 Å². The molecule has 0 aliphatic carbocycles. The summed E-state index contributed by atoms with van der Waals surface area (Å²) in [5.41, 5.74) is -0.206. The second-order valence-electron chi connectivity index (χ2n) is 3.71. The fraction of sp³-hybridized carbons (Fsp3) is 0.417. The number of nitrogens with one attached hydrogen (secondary N) is 1. The number of rotatable bonds is 7. The van der Waals surface area contributed by atoms with Gasteiger partial charge in [0, 0.05) is 25.6 Å². The van der Waals surface area contributed by atoms with Gasteiger partial charge in [-0.1, -0.05) is 0 Å². The lowest BCUT2D eigenvalue weighted by Gasteiger charge is -2.07. The molecule has 1 aromatic rings. The summed E-state index contributed by atoms with van der Waals surface area (Å²) in [6, 6.07) is 2.41. The molecule has 3 nitrogen and oxygen atoms in total. The Morgan fingerprint density at radius 1 is 1.44 bits per heavy atom. The number of ether oxygens (including phenoxy) is 1. The van der Waals surface area contributed by atoms with Crippen molar-refractivity contribution < 1.29 is 18.3 Å². The summed E-state index contributed by atoms with van der Waals surface area (Å²) >= 11 is 2.96. The Morgan fingerprint density at radius 3 is 2.83 bits per heavy atom. The number of benzene rings is 1. The van der Waals surface area contributed by atoms with Crippen LogP contribution in [-0.4, -0.2) is 32.6 Å². The molecule has 1 rings (SSSR count). The third kappa shape index (κ3) is 4.44. The highest BCUT2D eigenvalue weighted by Gasteiger charge is 2.15. The highest BCUT2D eigenvalue weighted by molar-refractivity contribution is 9.10. The van der Waals surface area contributed by atoms with E-state index in [1.165, 1.54) is 6.07 Å². The van der Waals surface area contributed by atoms with E-state index in [2.05, 4.69) is 21.2 Å². The first-order chi connectivity index (χ1) is 8.56. The number of carbonyl (C=O) groups is 1. The zero-order valence-corrected chi connectivity index (χ0v) is 11.5. The number of hydrogen-bond donors (Lipinski definition) is 1. The molecule has 0 aliphatic rings. The van der Waals surface area contributed by atoms with Crippen LogP contribution in [0.4, 0.5) is 8.78 Å². The summed E-state index contributed by atoms with van der Waals surface area (Å²) in [6.45, 7) is 1.06. The summed E-state index contributed by atoms with van der Waals surface area (Å²) in [6.07, 6.45) is -0.267. The van der Waals surface area contributed by atoms with Gasteiger partial charge in [-0.15, -0.1) is 0 Å². The van der Waals surface area contributed by atoms with Crippen LogP contribution in [0.5, 0.6) is 0 Å². The third-order valence-electron chi connectivity index (χ3n) is 2.32. The fourth-order valence-electron chi connectivity index (χ4n) is 1.39. The van der Waals surface area contributed by atoms with Gasteiger partial charge in [-0.25, -0.2) is 8.78 Å². The lowest BCUT2D eigenvalue weighted by molar-refractivity contribution is -0.117. The minimum atomic E-state index is -0.722. The van der Waals surface area contributed by atoms with Crippen molar-refractivity contribution >= 4 is 21.7 Å². The SMILES string of the molecule is COCCNCC(=O)Cc1c(F)ccc(Br)c1F. The molecule has 0 heterocycles. The highest BCUT2D eigenvalue weighted by Crippen LogP contribution is 2.21. The third-order valence-corrected chi connectivity index (χ3v) is 2.93. The molecule has 0 aliphatic heterocycles. The van der Waals surface area contributed by atoms with Gasteiger partial charge >= 0.3 is 0 Å². The van der Waals surface area contributed by atoms with Crippen LogP contribution >= 0.6 is 15.9 Å². The number of Topliss-reactive ketones (excluding diaryl/α,β-unsaturated/α-hetero) is 1. The molecule has 0 unspecified atom stereocenters. The predicted octanol–water partition coefficient (Wildman–Crippen LogP) is 2.07. The smallest absolute Gasteiger partial charge is 0.151 e. The molecule has 1 N–H and O–H groups in total. The molecule has 0 spiro atoms. The Labute approximate surface area is 113 Å². The average Bonchev–Trinajstić information content (AvgIpc) is 2.35. The molecule has 0 fully saturated rings. The molecule has 0 atom stereocenters. The highest BCUT2D eigenvalue weighted by atomic mass is 79.9. The van der Waals surface area contributed by atoms with Gasteiger partial charge in [0.1, 0.15) is 11.6 Å². The van der Waals surface area contributed by atoms with Crippen LogP contribution in [-0.2, 0) is 16.0 Å². The van der Waals surface area contributed by atoms with E-state index in [0.717, 1.165) is 6.07 Å². The van der Waals surface area contributed by atoms with Crippen molar-refractivity contribution in [1.29, 1.82) is 0 Å². The Bertz CT molecular complexity index is 427. The number of methoxy groups -OCH3 is 1. The lowest BCUT2D eigenvalue weighted by atomic mass is 10.1. The van der Waals surface area contributed by atoms with Gasteiger partial charge in [-0.3, -0.25) is 4.79 Å². The molecule has 0 aromatic heterocycles. The second-order valence-corrected chi connectivity index (χ2v) is 4.56. The number of hydrogen-bond acceptors (Lipinski definition) is 3. The Hall–Kier alpha value is -0.850. The predicted molar refractivity (Wildman–Crippen MR) is 67.5 cm³/mol. The molecular weight excluding hydrogens is 308 g/mol. The normalized spacial score (nSPS) is 10.7. The second kappa shape index (κ2) is 7.56. The molecule has 0 saturated carbocycles. The van der Waals surface area contributed by atoms with Gasteiger partial charge in [-0.05, 0) is 28.1 Å². The van der Waals surface area contributed by atoms with E-state index in [1.807, 2.05) is 0 Å². The molecular formula is C12H14BrF2NO2. The molecule has 0 saturated heterocycles. The van der Waals surface area contributed by atoms with E-state index >= 15 is 0 Å². The van der Waals surface area contributed by atoms with E-state index in [-0.39, 0.29) is 28.8 Å². The van der Waals surface area contributed by atoms with Gasteiger partial charge in [0.2, 0.25) is 0 Å². The van der Waals surface area contributed by atoms with Crippen LogP contribution in [0.3, 0.4) is 0 Å². The molecule has 0 radical (unpaired) electrons. The minimum Gasteiger partial charge on any atom is -0.383 e.